The Balaban J connectivity index is 1.32. The van der Waals surface area contributed by atoms with Gasteiger partial charge >= 0.3 is 0 Å². The molecule has 5 rings (SSSR count). The van der Waals surface area contributed by atoms with Crippen molar-refractivity contribution in [3.63, 3.8) is 0 Å². The van der Waals surface area contributed by atoms with Gasteiger partial charge in [-0.25, -0.2) is 14.4 Å². The number of alkyl halides is 1. The minimum Gasteiger partial charge on any atom is -0.493 e. The molecule has 0 bridgehead atoms. The van der Waals surface area contributed by atoms with Gasteiger partial charge in [0.2, 0.25) is 5.88 Å². The molecule has 1 aliphatic heterocycles. The molecule has 4 heterocycles. The first kappa shape index (κ1) is 27.6. The van der Waals surface area contributed by atoms with Crippen molar-refractivity contribution in [3.05, 3.63) is 69.7 Å². The standard InChI is InChI=1S/C26H26ClFN8O3S/c1-30-14-26(28)8-11-35(12-9-26)18-13-31-24(21(29)33-18)40-16-6-4-5-15(20(16)27)32-22(37)19-23(38)34-17-7-2-3-10-36(17)25(19)39/h2-7,10,13,30,38H,8-9,11-12,14H2,1H3,(H2,29,33)(H,32,37). The van der Waals surface area contributed by atoms with Gasteiger partial charge in [-0.3, -0.25) is 14.0 Å². The summed E-state index contributed by atoms with van der Waals surface area (Å²) in [6.45, 7) is 1.30. The molecule has 1 aliphatic rings. The Bertz CT molecular complexity index is 1640. The number of carbonyl (C=O) groups excluding carboxylic acids is 1. The number of rotatable bonds is 7. The van der Waals surface area contributed by atoms with Gasteiger partial charge < -0.3 is 26.4 Å². The van der Waals surface area contributed by atoms with Crippen LogP contribution in [0.4, 0.5) is 21.7 Å². The summed E-state index contributed by atoms with van der Waals surface area (Å²) >= 11 is 7.74. The zero-order valence-electron chi connectivity index (χ0n) is 21.4. The number of nitrogen functional groups attached to an aromatic ring is 1. The van der Waals surface area contributed by atoms with Crippen molar-refractivity contribution in [1.82, 2.24) is 24.7 Å². The zero-order valence-corrected chi connectivity index (χ0v) is 23.0. The summed E-state index contributed by atoms with van der Waals surface area (Å²) in [6, 6.07) is 9.74. The number of aromatic hydroxyl groups is 1. The van der Waals surface area contributed by atoms with E-state index in [1.807, 2.05) is 4.90 Å². The van der Waals surface area contributed by atoms with E-state index in [0.717, 1.165) is 16.2 Å². The smallest absolute Gasteiger partial charge is 0.274 e. The first-order chi connectivity index (χ1) is 19.2. The number of hydrogen-bond acceptors (Lipinski definition) is 10. The fourth-order valence-electron chi connectivity index (χ4n) is 4.49. The van der Waals surface area contributed by atoms with Gasteiger partial charge in [-0.05, 0) is 31.3 Å². The number of nitrogens with zero attached hydrogens (tertiary/aromatic N) is 5. The van der Waals surface area contributed by atoms with E-state index in [2.05, 4.69) is 25.6 Å². The van der Waals surface area contributed by atoms with Gasteiger partial charge in [-0.1, -0.05) is 35.5 Å². The van der Waals surface area contributed by atoms with Crippen LogP contribution in [0.15, 0.2) is 63.5 Å². The number of pyridine rings is 1. The lowest BCUT2D eigenvalue weighted by Crippen LogP contribution is -2.46. The molecule has 4 aromatic rings. The van der Waals surface area contributed by atoms with E-state index < -0.39 is 28.6 Å². The molecule has 208 valence electrons. The van der Waals surface area contributed by atoms with Crippen LogP contribution in [-0.4, -0.2) is 62.7 Å². The lowest BCUT2D eigenvalue weighted by Gasteiger charge is -2.36. The third-order valence-electron chi connectivity index (χ3n) is 6.59. The van der Waals surface area contributed by atoms with Crippen molar-refractivity contribution in [2.75, 3.05) is 42.6 Å². The quantitative estimate of drug-likeness (QED) is 0.254. The molecule has 5 N–H and O–H groups in total. The Kier molecular flexibility index (Phi) is 7.79. The van der Waals surface area contributed by atoms with E-state index in [1.165, 1.54) is 12.3 Å². The number of anilines is 3. The van der Waals surface area contributed by atoms with Crippen LogP contribution in [0, 0.1) is 0 Å². The molecule has 1 aromatic carbocycles. The number of fused-ring (bicyclic) bond motifs is 1. The molecule has 0 unspecified atom stereocenters. The predicted molar refractivity (Wildman–Crippen MR) is 152 cm³/mol. The number of halogens is 2. The molecule has 11 nitrogen and oxygen atoms in total. The maximum absolute atomic E-state index is 14.8. The largest absolute Gasteiger partial charge is 0.493 e. The molecule has 0 radical (unpaired) electrons. The first-order valence-corrected chi connectivity index (χ1v) is 13.6. The molecule has 1 amide bonds. The van der Waals surface area contributed by atoms with Gasteiger partial charge in [0.1, 0.15) is 22.2 Å². The van der Waals surface area contributed by atoms with Crippen molar-refractivity contribution >= 4 is 52.2 Å². The molecule has 0 spiro atoms. The maximum Gasteiger partial charge on any atom is 0.274 e. The van der Waals surface area contributed by atoms with Crippen molar-refractivity contribution in [1.29, 1.82) is 0 Å². The Morgan fingerprint density at radius 1 is 1.23 bits per heavy atom. The Morgan fingerprint density at radius 2 is 2.00 bits per heavy atom. The minimum absolute atomic E-state index is 0.180. The molecule has 14 heteroatoms. The summed E-state index contributed by atoms with van der Waals surface area (Å²) in [5.41, 5.74) is 4.14. The molecule has 0 aliphatic carbocycles. The fourth-order valence-corrected chi connectivity index (χ4v) is 5.59. The number of hydrogen-bond donors (Lipinski definition) is 4. The van der Waals surface area contributed by atoms with Gasteiger partial charge in [0, 0.05) is 43.6 Å². The van der Waals surface area contributed by atoms with Crippen LogP contribution in [0.25, 0.3) is 5.65 Å². The SMILES string of the molecule is CNCC1(F)CCN(c2cnc(Sc3cccc(NC(=O)c4c(O)nc5ccccn5c4=O)c3Cl)c(N)n2)CC1. The highest BCUT2D eigenvalue weighted by Crippen LogP contribution is 2.39. The van der Waals surface area contributed by atoms with Crippen molar-refractivity contribution in [2.24, 2.45) is 0 Å². The van der Waals surface area contributed by atoms with E-state index >= 15 is 0 Å². The van der Waals surface area contributed by atoms with Crippen LogP contribution in [0.2, 0.25) is 5.02 Å². The van der Waals surface area contributed by atoms with Gasteiger partial charge in [0.05, 0.1) is 16.9 Å². The van der Waals surface area contributed by atoms with Crippen molar-refractivity contribution in [2.45, 2.75) is 28.4 Å². The summed E-state index contributed by atoms with van der Waals surface area (Å²) in [5.74, 6) is -0.808. The molecule has 40 heavy (non-hydrogen) atoms. The second-order valence-electron chi connectivity index (χ2n) is 9.31. The molecular formula is C26H26ClFN8O3S. The van der Waals surface area contributed by atoms with Crippen LogP contribution < -0.4 is 26.8 Å². The number of benzene rings is 1. The lowest BCUT2D eigenvalue weighted by molar-refractivity contribution is 0.102. The van der Waals surface area contributed by atoms with Gasteiger partial charge in [-0.2, -0.15) is 4.98 Å². The summed E-state index contributed by atoms with van der Waals surface area (Å²) < 4.78 is 15.9. The average Bonchev–Trinajstić information content (AvgIpc) is 2.92. The highest BCUT2D eigenvalue weighted by molar-refractivity contribution is 7.99. The van der Waals surface area contributed by atoms with Crippen molar-refractivity contribution in [3.8, 4) is 5.88 Å². The summed E-state index contributed by atoms with van der Waals surface area (Å²) in [6.07, 6.45) is 3.79. The Hall–Kier alpha value is -3.94. The third-order valence-corrected chi connectivity index (χ3v) is 8.18. The van der Waals surface area contributed by atoms with Crippen LogP contribution in [0.5, 0.6) is 5.88 Å². The number of piperidine rings is 1. The number of aromatic nitrogens is 4. The number of nitrogens with one attached hydrogen (secondary N) is 2. The highest BCUT2D eigenvalue weighted by atomic mass is 35.5. The summed E-state index contributed by atoms with van der Waals surface area (Å²) in [5, 5.41) is 16.3. The van der Waals surface area contributed by atoms with E-state index in [4.69, 9.17) is 17.3 Å². The molecule has 0 saturated carbocycles. The van der Waals surface area contributed by atoms with Gasteiger partial charge in [-0.15, -0.1) is 0 Å². The number of carbonyl (C=O) groups is 1. The van der Waals surface area contributed by atoms with E-state index in [9.17, 15) is 19.1 Å². The molecule has 1 saturated heterocycles. The van der Waals surface area contributed by atoms with Gasteiger partial charge in [0.15, 0.2) is 11.4 Å². The second kappa shape index (κ2) is 11.3. The van der Waals surface area contributed by atoms with Crippen LogP contribution in [0.3, 0.4) is 0 Å². The average molecular weight is 585 g/mol. The monoisotopic (exact) mass is 584 g/mol. The van der Waals surface area contributed by atoms with E-state index in [0.29, 0.717) is 48.2 Å². The molecule has 3 aromatic heterocycles. The predicted octanol–water partition coefficient (Wildman–Crippen LogP) is 3.36. The summed E-state index contributed by atoms with van der Waals surface area (Å²) in [4.78, 5) is 41.1. The fraction of sp³-hybridized carbons (Fsp3) is 0.269. The topological polar surface area (TPSA) is 151 Å². The Morgan fingerprint density at radius 3 is 2.73 bits per heavy atom. The molecular weight excluding hydrogens is 559 g/mol. The lowest BCUT2D eigenvalue weighted by atomic mass is 9.93. The Labute approximate surface area is 237 Å². The van der Waals surface area contributed by atoms with E-state index in [-0.39, 0.29) is 22.2 Å². The van der Waals surface area contributed by atoms with Crippen molar-refractivity contribution < 1.29 is 14.3 Å². The van der Waals surface area contributed by atoms with Crippen LogP contribution in [-0.2, 0) is 0 Å². The summed E-state index contributed by atoms with van der Waals surface area (Å²) in [7, 11) is 1.74. The highest BCUT2D eigenvalue weighted by Gasteiger charge is 2.34. The number of amides is 1. The third kappa shape index (κ3) is 5.53. The molecule has 1 fully saturated rings. The minimum atomic E-state index is -1.24. The first-order valence-electron chi connectivity index (χ1n) is 12.4. The number of nitrogens with two attached hydrogens (primary N) is 1. The second-order valence-corrected chi connectivity index (χ2v) is 10.7. The zero-order chi connectivity index (χ0) is 28.4. The van der Waals surface area contributed by atoms with E-state index in [1.54, 1.807) is 43.6 Å². The maximum atomic E-state index is 14.8. The van der Waals surface area contributed by atoms with Gasteiger partial charge in [0.25, 0.3) is 11.5 Å². The van der Waals surface area contributed by atoms with Crippen LogP contribution >= 0.6 is 23.4 Å². The molecule has 0 atom stereocenters. The normalized spacial score (nSPS) is 14.8. The van der Waals surface area contributed by atoms with Crippen LogP contribution in [0.1, 0.15) is 23.2 Å².